The first-order valence-corrected chi connectivity index (χ1v) is 6.33. The van der Waals surface area contributed by atoms with Gasteiger partial charge in [-0.1, -0.05) is 6.07 Å². The molecule has 0 N–H and O–H groups in total. The zero-order chi connectivity index (χ0) is 15.3. The molecule has 0 atom stereocenters. The van der Waals surface area contributed by atoms with Crippen molar-refractivity contribution in [2.24, 2.45) is 0 Å². The molecule has 0 unspecified atom stereocenters. The van der Waals surface area contributed by atoms with Gasteiger partial charge in [0.2, 0.25) is 0 Å². The summed E-state index contributed by atoms with van der Waals surface area (Å²) in [4.78, 5) is 24.4. The number of carbonyl (C=O) groups excluding carboxylic acids is 2. The predicted molar refractivity (Wildman–Crippen MR) is 76.1 cm³/mol. The van der Waals surface area contributed by atoms with Crippen LogP contribution in [0.5, 0.6) is 5.75 Å². The second-order valence-corrected chi connectivity index (χ2v) is 5.52. The second-order valence-electron chi connectivity index (χ2n) is 5.52. The summed E-state index contributed by atoms with van der Waals surface area (Å²) in [5.41, 5.74) is 0.701. The van der Waals surface area contributed by atoms with Crippen molar-refractivity contribution in [2.75, 3.05) is 14.2 Å². The van der Waals surface area contributed by atoms with Crippen molar-refractivity contribution in [1.29, 1.82) is 0 Å². The monoisotopic (exact) mass is 279 g/mol. The number of methoxy groups -OCH3 is 1. The molecule has 0 saturated heterocycles. The number of aldehydes is 1. The Morgan fingerprint density at radius 2 is 2.00 bits per heavy atom. The van der Waals surface area contributed by atoms with Gasteiger partial charge in [-0.2, -0.15) is 0 Å². The lowest BCUT2D eigenvalue weighted by Crippen LogP contribution is -2.34. The van der Waals surface area contributed by atoms with E-state index in [4.69, 9.17) is 9.47 Å². The maximum Gasteiger partial charge on any atom is 0.410 e. The SMILES string of the molecule is COc1ccc(CN(C)C(=O)OC(C)(C)C)c(C=O)c1. The van der Waals surface area contributed by atoms with Gasteiger partial charge in [0.25, 0.3) is 0 Å². The molecule has 1 rings (SSSR count). The number of rotatable bonds is 4. The van der Waals surface area contributed by atoms with Crippen LogP contribution in [0.1, 0.15) is 36.7 Å². The van der Waals surface area contributed by atoms with Gasteiger partial charge >= 0.3 is 6.09 Å². The fourth-order valence-electron chi connectivity index (χ4n) is 1.61. The molecule has 0 bridgehead atoms. The Morgan fingerprint density at radius 3 is 2.50 bits per heavy atom. The highest BCUT2D eigenvalue weighted by Gasteiger charge is 2.20. The standard InChI is InChI=1S/C15H21NO4/c1-15(2,3)20-14(18)16(4)9-11-6-7-13(19-5)8-12(11)10-17/h6-8,10H,9H2,1-5H3. The molecule has 0 aromatic heterocycles. The van der Waals surface area contributed by atoms with Gasteiger partial charge < -0.3 is 14.4 Å². The third kappa shape index (κ3) is 4.57. The van der Waals surface area contributed by atoms with Crippen LogP contribution < -0.4 is 4.74 Å². The molecule has 0 radical (unpaired) electrons. The van der Waals surface area contributed by atoms with E-state index >= 15 is 0 Å². The van der Waals surface area contributed by atoms with Gasteiger partial charge in [-0.05, 0) is 38.5 Å². The van der Waals surface area contributed by atoms with Gasteiger partial charge in [0.05, 0.1) is 7.11 Å². The van der Waals surface area contributed by atoms with E-state index in [1.807, 2.05) is 20.8 Å². The minimum absolute atomic E-state index is 0.299. The lowest BCUT2D eigenvalue weighted by molar-refractivity contribution is 0.0284. The summed E-state index contributed by atoms with van der Waals surface area (Å²) < 4.78 is 10.3. The van der Waals surface area contributed by atoms with Crippen molar-refractivity contribution in [3.8, 4) is 5.75 Å². The summed E-state index contributed by atoms with van der Waals surface area (Å²) in [5, 5.41) is 0. The maximum absolute atomic E-state index is 11.9. The molecule has 0 aliphatic rings. The Morgan fingerprint density at radius 1 is 1.35 bits per heavy atom. The second kappa shape index (κ2) is 6.41. The number of hydrogen-bond acceptors (Lipinski definition) is 4. The van der Waals surface area contributed by atoms with Crippen LogP contribution in [-0.4, -0.2) is 37.0 Å². The minimum atomic E-state index is -0.543. The zero-order valence-corrected chi connectivity index (χ0v) is 12.6. The van der Waals surface area contributed by atoms with Crippen LogP contribution in [0.4, 0.5) is 4.79 Å². The molecule has 5 nitrogen and oxygen atoms in total. The Bertz CT molecular complexity index is 491. The summed E-state index contributed by atoms with van der Waals surface area (Å²) in [6, 6.07) is 5.17. The van der Waals surface area contributed by atoms with Crippen LogP contribution in [0.3, 0.4) is 0 Å². The fourth-order valence-corrected chi connectivity index (χ4v) is 1.61. The lowest BCUT2D eigenvalue weighted by atomic mass is 10.1. The molecule has 1 aromatic carbocycles. The van der Waals surface area contributed by atoms with Gasteiger partial charge in [-0.25, -0.2) is 4.79 Å². The quantitative estimate of drug-likeness (QED) is 0.795. The highest BCUT2D eigenvalue weighted by atomic mass is 16.6. The van der Waals surface area contributed by atoms with Crippen molar-refractivity contribution in [1.82, 2.24) is 4.90 Å². The van der Waals surface area contributed by atoms with Crippen molar-refractivity contribution in [3.05, 3.63) is 29.3 Å². The van der Waals surface area contributed by atoms with Crippen molar-refractivity contribution < 1.29 is 19.1 Å². The highest BCUT2D eigenvalue weighted by molar-refractivity contribution is 5.78. The van der Waals surface area contributed by atoms with E-state index < -0.39 is 11.7 Å². The predicted octanol–water partition coefficient (Wildman–Crippen LogP) is 2.87. The van der Waals surface area contributed by atoms with Crippen LogP contribution in [0.15, 0.2) is 18.2 Å². The van der Waals surface area contributed by atoms with E-state index in [0.29, 0.717) is 17.9 Å². The molecule has 0 aliphatic heterocycles. The summed E-state index contributed by atoms with van der Waals surface area (Å²) in [7, 11) is 3.17. The molecule has 20 heavy (non-hydrogen) atoms. The molecule has 5 heteroatoms. The van der Waals surface area contributed by atoms with Crippen LogP contribution in [0, 0.1) is 0 Å². The smallest absolute Gasteiger partial charge is 0.410 e. The molecule has 0 aliphatic carbocycles. The Hall–Kier alpha value is -2.04. The third-order valence-corrected chi connectivity index (χ3v) is 2.59. The molecule has 0 heterocycles. The van der Waals surface area contributed by atoms with Gasteiger partial charge in [0, 0.05) is 19.2 Å². The molecular formula is C15H21NO4. The number of ether oxygens (including phenoxy) is 2. The normalized spacial score (nSPS) is 10.8. The summed E-state index contributed by atoms with van der Waals surface area (Å²) >= 11 is 0. The highest BCUT2D eigenvalue weighted by Crippen LogP contribution is 2.18. The van der Waals surface area contributed by atoms with Crippen molar-refractivity contribution in [2.45, 2.75) is 32.9 Å². The van der Waals surface area contributed by atoms with E-state index in [-0.39, 0.29) is 0 Å². The molecule has 1 aromatic rings. The summed E-state index contributed by atoms with van der Waals surface area (Å²) in [6.45, 7) is 5.72. The van der Waals surface area contributed by atoms with Gasteiger partial charge in [-0.15, -0.1) is 0 Å². The first-order chi connectivity index (χ1) is 9.26. The number of amides is 1. The topological polar surface area (TPSA) is 55.8 Å². The summed E-state index contributed by atoms with van der Waals surface area (Å²) in [6.07, 6.45) is 0.325. The Balaban J connectivity index is 2.82. The van der Waals surface area contributed by atoms with E-state index in [9.17, 15) is 9.59 Å². The van der Waals surface area contributed by atoms with Gasteiger partial charge in [0.1, 0.15) is 11.4 Å². The number of carbonyl (C=O) groups is 2. The lowest BCUT2D eigenvalue weighted by Gasteiger charge is -2.25. The number of benzene rings is 1. The number of nitrogens with zero attached hydrogens (tertiary/aromatic N) is 1. The molecule has 110 valence electrons. The van der Waals surface area contributed by atoms with Crippen LogP contribution in [0.2, 0.25) is 0 Å². The van der Waals surface area contributed by atoms with Gasteiger partial charge in [-0.3, -0.25) is 4.79 Å². The largest absolute Gasteiger partial charge is 0.497 e. The molecule has 1 amide bonds. The maximum atomic E-state index is 11.9. The molecule has 0 saturated carbocycles. The molecule has 0 spiro atoms. The fraction of sp³-hybridized carbons (Fsp3) is 0.467. The van der Waals surface area contributed by atoms with E-state index in [2.05, 4.69) is 0 Å². The van der Waals surface area contributed by atoms with E-state index in [1.54, 1.807) is 25.2 Å². The van der Waals surface area contributed by atoms with Crippen LogP contribution in [-0.2, 0) is 11.3 Å². The molecule has 0 fully saturated rings. The average Bonchev–Trinajstić information content (AvgIpc) is 2.37. The van der Waals surface area contributed by atoms with Gasteiger partial charge in [0.15, 0.2) is 6.29 Å². The molecular weight excluding hydrogens is 258 g/mol. The van der Waals surface area contributed by atoms with Crippen molar-refractivity contribution in [3.63, 3.8) is 0 Å². The van der Waals surface area contributed by atoms with E-state index in [0.717, 1.165) is 11.8 Å². The van der Waals surface area contributed by atoms with Crippen LogP contribution >= 0.6 is 0 Å². The zero-order valence-electron chi connectivity index (χ0n) is 12.6. The first-order valence-electron chi connectivity index (χ1n) is 6.33. The minimum Gasteiger partial charge on any atom is -0.497 e. The average molecular weight is 279 g/mol. The third-order valence-electron chi connectivity index (χ3n) is 2.59. The van der Waals surface area contributed by atoms with Crippen molar-refractivity contribution >= 4 is 12.4 Å². The number of hydrogen-bond donors (Lipinski definition) is 0. The van der Waals surface area contributed by atoms with Crippen LogP contribution in [0.25, 0.3) is 0 Å². The Labute approximate surface area is 119 Å². The van der Waals surface area contributed by atoms with E-state index in [1.165, 1.54) is 12.0 Å². The summed E-state index contributed by atoms with van der Waals surface area (Å²) in [5.74, 6) is 0.607. The Kier molecular flexibility index (Phi) is 5.13. The first kappa shape index (κ1) is 16.0.